The zero-order valence-corrected chi connectivity index (χ0v) is 16.8. The van der Waals surface area contributed by atoms with E-state index >= 15 is 0 Å². The van der Waals surface area contributed by atoms with Crippen LogP contribution in [-0.4, -0.2) is 37.3 Å². The molecule has 29 heavy (non-hydrogen) atoms. The van der Waals surface area contributed by atoms with Crippen molar-refractivity contribution in [2.24, 2.45) is 0 Å². The molecule has 0 unspecified atom stereocenters. The van der Waals surface area contributed by atoms with Gasteiger partial charge >= 0.3 is 0 Å². The van der Waals surface area contributed by atoms with Gasteiger partial charge in [0.25, 0.3) is 5.91 Å². The van der Waals surface area contributed by atoms with Crippen molar-refractivity contribution in [2.45, 2.75) is 26.3 Å². The number of oxazole rings is 1. The summed E-state index contributed by atoms with van der Waals surface area (Å²) in [5.74, 6) is 0.550. The Hall–Kier alpha value is -3.12. The Balaban J connectivity index is 1.61. The molecule has 1 N–H and O–H groups in total. The number of fused-ring (bicyclic) bond motifs is 1. The van der Waals surface area contributed by atoms with Crippen LogP contribution >= 0.6 is 0 Å². The summed E-state index contributed by atoms with van der Waals surface area (Å²) < 4.78 is 16.2. The van der Waals surface area contributed by atoms with Crippen molar-refractivity contribution in [3.63, 3.8) is 0 Å². The van der Waals surface area contributed by atoms with Gasteiger partial charge in [-0.25, -0.2) is 4.98 Å². The number of methoxy groups -OCH3 is 1. The molecule has 0 fully saturated rings. The second-order valence-corrected chi connectivity index (χ2v) is 7.35. The molecule has 0 spiro atoms. The molecule has 0 bridgehead atoms. The zero-order chi connectivity index (χ0) is 20.4. The molecule has 6 heteroatoms. The molecule has 1 atom stereocenters. The van der Waals surface area contributed by atoms with Gasteiger partial charge in [0.2, 0.25) is 0 Å². The number of hydrogen-bond donors (Lipinski definition) is 1. The number of nitrogens with zero attached hydrogens (tertiary/aromatic N) is 1. The predicted octanol–water partition coefficient (Wildman–Crippen LogP) is 3.69. The molecular formula is C23H24N2O4. The Morgan fingerprint density at radius 2 is 2.00 bits per heavy atom. The average molecular weight is 392 g/mol. The molecule has 2 heterocycles. The van der Waals surface area contributed by atoms with Crippen LogP contribution in [0.4, 0.5) is 0 Å². The lowest BCUT2D eigenvalue weighted by molar-refractivity contribution is 0.0886. The fourth-order valence-corrected chi connectivity index (χ4v) is 3.65. The Kier molecular flexibility index (Phi) is 5.36. The minimum Gasteiger partial charge on any atom is -0.490 e. The number of carbonyl (C=O) groups is 1. The molecule has 0 saturated carbocycles. The highest BCUT2D eigenvalue weighted by Crippen LogP contribution is 2.32. The van der Waals surface area contributed by atoms with Crippen molar-refractivity contribution in [2.75, 3.05) is 20.3 Å². The second kappa shape index (κ2) is 8.09. The van der Waals surface area contributed by atoms with Gasteiger partial charge in [0.15, 0.2) is 6.39 Å². The SMILES string of the molecule is COC[C@@H]1COc2c(cc(Cc3ccc(-c4cocn4)cc3)c(C)c2C)C(=O)N1. The fraction of sp³-hybridized carbons (Fsp3) is 0.304. The van der Waals surface area contributed by atoms with E-state index in [0.29, 0.717) is 24.5 Å². The van der Waals surface area contributed by atoms with Crippen LogP contribution in [0, 0.1) is 13.8 Å². The highest BCUT2D eigenvalue weighted by Gasteiger charge is 2.26. The number of aromatic nitrogens is 1. The summed E-state index contributed by atoms with van der Waals surface area (Å²) >= 11 is 0. The molecule has 1 amide bonds. The molecule has 1 aliphatic heterocycles. The number of rotatable bonds is 5. The van der Waals surface area contributed by atoms with Crippen molar-refractivity contribution in [1.29, 1.82) is 0 Å². The van der Waals surface area contributed by atoms with Gasteiger partial charge in [0, 0.05) is 12.7 Å². The summed E-state index contributed by atoms with van der Waals surface area (Å²) in [6.07, 6.45) is 3.79. The summed E-state index contributed by atoms with van der Waals surface area (Å²) in [5, 5.41) is 2.99. The molecule has 1 aromatic heterocycles. The van der Waals surface area contributed by atoms with E-state index in [9.17, 15) is 4.79 Å². The Morgan fingerprint density at radius 3 is 2.69 bits per heavy atom. The van der Waals surface area contributed by atoms with E-state index in [4.69, 9.17) is 13.9 Å². The minimum absolute atomic E-state index is 0.120. The van der Waals surface area contributed by atoms with Gasteiger partial charge in [-0.15, -0.1) is 0 Å². The van der Waals surface area contributed by atoms with Crippen LogP contribution in [0.5, 0.6) is 5.75 Å². The molecule has 6 nitrogen and oxygen atoms in total. The molecule has 2 aromatic carbocycles. The molecule has 3 aromatic rings. The molecule has 4 rings (SSSR count). The fourth-order valence-electron chi connectivity index (χ4n) is 3.65. The lowest BCUT2D eigenvalue weighted by Gasteiger charge is -2.16. The first-order valence-corrected chi connectivity index (χ1v) is 9.60. The number of nitrogens with one attached hydrogen (secondary N) is 1. The average Bonchev–Trinajstić information content (AvgIpc) is 3.21. The van der Waals surface area contributed by atoms with Gasteiger partial charge in [-0.2, -0.15) is 0 Å². The lowest BCUT2D eigenvalue weighted by Crippen LogP contribution is -2.40. The maximum absolute atomic E-state index is 12.8. The molecule has 0 aliphatic carbocycles. The van der Waals surface area contributed by atoms with Gasteiger partial charge in [0.05, 0.1) is 18.2 Å². The monoisotopic (exact) mass is 392 g/mol. The third-order valence-corrected chi connectivity index (χ3v) is 5.40. The van der Waals surface area contributed by atoms with E-state index in [1.165, 1.54) is 6.39 Å². The smallest absolute Gasteiger partial charge is 0.255 e. The Labute approximate surface area is 169 Å². The summed E-state index contributed by atoms with van der Waals surface area (Å²) in [5.41, 5.74) is 6.82. The molecule has 1 aliphatic rings. The number of ether oxygens (including phenoxy) is 2. The van der Waals surface area contributed by atoms with Gasteiger partial charge in [-0.05, 0) is 48.6 Å². The van der Waals surface area contributed by atoms with E-state index in [1.807, 2.05) is 25.1 Å². The quantitative estimate of drug-likeness (QED) is 0.717. The first kappa shape index (κ1) is 19.2. The topological polar surface area (TPSA) is 73.6 Å². The third kappa shape index (κ3) is 3.89. The number of benzene rings is 2. The van der Waals surface area contributed by atoms with E-state index < -0.39 is 0 Å². The lowest BCUT2D eigenvalue weighted by atomic mass is 9.93. The normalized spacial score (nSPS) is 16.0. The van der Waals surface area contributed by atoms with Gasteiger partial charge < -0.3 is 19.2 Å². The second-order valence-electron chi connectivity index (χ2n) is 7.35. The number of carbonyl (C=O) groups excluding carboxylic acids is 1. The van der Waals surface area contributed by atoms with Crippen molar-refractivity contribution >= 4 is 5.91 Å². The van der Waals surface area contributed by atoms with Crippen LogP contribution in [0.15, 0.2) is 47.4 Å². The zero-order valence-electron chi connectivity index (χ0n) is 16.8. The van der Waals surface area contributed by atoms with Crippen molar-refractivity contribution in [3.8, 4) is 17.0 Å². The van der Waals surface area contributed by atoms with Crippen LogP contribution in [0.25, 0.3) is 11.3 Å². The maximum Gasteiger partial charge on any atom is 0.255 e. The van der Waals surface area contributed by atoms with Gasteiger partial charge in [-0.3, -0.25) is 4.79 Å². The van der Waals surface area contributed by atoms with Crippen molar-refractivity contribution < 1.29 is 18.7 Å². The van der Waals surface area contributed by atoms with Crippen LogP contribution in [0.3, 0.4) is 0 Å². The van der Waals surface area contributed by atoms with Crippen LogP contribution < -0.4 is 10.1 Å². The first-order valence-electron chi connectivity index (χ1n) is 9.60. The van der Waals surface area contributed by atoms with E-state index in [2.05, 4.69) is 29.4 Å². The molecule has 150 valence electrons. The van der Waals surface area contributed by atoms with Gasteiger partial charge in [0.1, 0.15) is 24.3 Å². The minimum atomic E-state index is -0.160. The van der Waals surface area contributed by atoms with Crippen LogP contribution in [0.2, 0.25) is 0 Å². The summed E-state index contributed by atoms with van der Waals surface area (Å²) in [4.78, 5) is 16.9. The third-order valence-electron chi connectivity index (χ3n) is 5.40. The van der Waals surface area contributed by atoms with Crippen molar-refractivity contribution in [3.05, 3.63) is 70.8 Å². The number of hydrogen-bond acceptors (Lipinski definition) is 5. The first-order chi connectivity index (χ1) is 14.1. The number of amides is 1. The summed E-state index contributed by atoms with van der Waals surface area (Å²) in [6.45, 7) is 4.90. The molecular weight excluding hydrogens is 368 g/mol. The highest BCUT2D eigenvalue weighted by atomic mass is 16.5. The Bertz CT molecular complexity index is 1010. The summed E-state index contributed by atoms with van der Waals surface area (Å²) in [6, 6.07) is 10.0. The predicted molar refractivity (Wildman–Crippen MR) is 109 cm³/mol. The standard InChI is InChI=1S/C23H24N2O4/c1-14-15(2)22-20(23(26)25-19(10-27-3)11-29-22)9-18(14)8-16-4-6-17(7-5-16)21-12-28-13-24-21/h4-7,9,12-13,19H,8,10-11H2,1-3H3,(H,25,26)/t19-/m1/s1. The molecule has 0 saturated heterocycles. The van der Waals surface area contributed by atoms with E-state index in [-0.39, 0.29) is 11.9 Å². The van der Waals surface area contributed by atoms with Crippen LogP contribution in [0.1, 0.15) is 32.6 Å². The largest absolute Gasteiger partial charge is 0.490 e. The van der Waals surface area contributed by atoms with Gasteiger partial charge in [-0.1, -0.05) is 24.3 Å². The Morgan fingerprint density at radius 1 is 1.21 bits per heavy atom. The maximum atomic E-state index is 12.8. The van der Waals surface area contributed by atoms with E-state index in [0.717, 1.165) is 39.9 Å². The van der Waals surface area contributed by atoms with Crippen LogP contribution in [-0.2, 0) is 11.2 Å². The van der Waals surface area contributed by atoms with Crippen molar-refractivity contribution in [1.82, 2.24) is 10.3 Å². The molecule has 0 radical (unpaired) electrons. The van der Waals surface area contributed by atoms with E-state index in [1.54, 1.807) is 13.4 Å². The summed E-state index contributed by atoms with van der Waals surface area (Å²) in [7, 11) is 1.62. The highest BCUT2D eigenvalue weighted by molar-refractivity contribution is 5.98.